The van der Waals surface area contributed by atoms with Crippen molar-refractivity contribution in [3.63, 3.8) is 0 Å². The number of hydrogen-bond donors (Lipinski definition) is 1. The Balaban J connectivity index is 1.98. The van der Waals surface area contributed by atoms with E-state index >= 15 is 0 Å². The third kappa shape index (κ3) is 4.59. The predicted molar refractivity (Wildman–Crippen MR) is 91.2 cm³/mol. The Labute approximate surface area is 151 Å². The van der Waals surface area contributed by atoms with Crippen molar-refractivity contribution in [2.24, 2.45) is 0 Å². The monoisotopic (exact) mass is 445 g/mol. The van der Waals surface area contributed by atoms with Gasteiger partial charge in [-0.25, -0.2) is 13.1 Å². The van der Waals surface area contributed by atoms with Crippen LogP contribution in [0.1, 0.15) is 6.42 Å². The second-order valence-corrected chi connectivity index (χ2v) is 8.24. The van der Waals surface area contributed by atoms with Gasteiger partial charge in [0.25, 0.3) is 0 Å². The number of nitrogens with one attached hydrogen (secondary N) is 1. The van der Waals surface area contributed by atoms with Crippen molar-refractivity contribution in [2.75, 3.05) is 6.54 Å². The summed E-state index contributed by atoms with van der Waals surface area (Å²) in [7, 11) is -3.74. The first-order valence-electron chi connectivity index (χ1n) is 6.12. The molecule has 0 saturated heterocycles. The smallest absolute Gasteiger partial charge is 0.242 e. The summed E-state index contributed by atoms with van der Waals surface area (Å²) in [5, 5.41) is 4.44. The molecule has 0 saturated carbocycles. The molecule has 0 fully saturated rings. The zero-order chi connectivity index (χ0) is 16.3. The lowest BCUT2D eigenvalue weighted by molar-refractivity contribution is 0.553. The van der Waals surface area contributed by atoms with Crippen LogP contribution < -0.4 is 4.72 Å². The van der Waals surface area contributed by atoms with Gasteiger partial charge in [-0.1, -0.05) is 34.8 Å². The molecular weight excluding hydrogens is 436 g/mol. The molecule has 22 heavy (non-hydrogen) atoms. The summed E-state index contributed by atoms with van der Waals surface area (Å²) < 4.78 is 29.5. The quantitative estimate of drug-likeness (QED) is 0.538. The number of benzene rings is 1. The third-order valence-electron chi connectivity index (χ3n) is 2.72. The molecule has 0 aliphatic rings. The summed E-state index contributed by atoms with van der Waals surface area (Å²) in [5.41, 5.74) is 0. The van der Waals surface area contributed by atoms with Crippen LogP contribution in [-0.2, 0) is 16.6 Å². The van der Waals surface area contributed by atoms with Gasteiger partial charge in [0.15, 0.2) is 0 Å². The van der Waals surface area contributed by atoms with E-state index in [1.54, 1.807) is 10.9 Å². The molecule has 10 heteroatoms. The van der Waals surface area contributed by atoms with Crippen LogP contribution in [0.4, 0.5) is 0 Å². The maximum atomic E-state index is 12.2. The minimum absolute atomic E-state index is 0.0258. The number of sulfonamides is 1. The molecule has 0 bridgehead atoms. The van der Waals surface area contributed by atoms with Crippen molar-refractivity contribution >= 4 is 60.8 Å². The molecule has 2 rings (SSSR count). The minimum Gasteiger partial charge on any atom is -0.272 e. The Morgan fingerprint density at radius 3 is 2.50 bits per heavy atom. The molecule has 0 radical (unpaired) electrons. The Morgan fingerprint density at radius 2 is 1.86 bits per heavy atom. The molecule has 0 amide bonds. The molecule has 1 heterocycles. The first-order chi connectivity index (χ1) is 10.3. The maximum absolute atomic E-state index is 12.2. The van der Waals surface area contributed by atoms with Gasteiger partial charge < -0.3 is 0 Å². The fourth-order valence-electron chi connectivity index (χ4n) is 1.70. The van der Waals surface area contributed by atoms with E-state index in [-0.39, 0.29) is 26.5 Å². The van der Waals surface area contributed by atoms with Crippen LogP contribution in [0.15, 0.2) is 33.9 Å². The molecule has 120 valence electrons. The first-order valence-corrected chi connectivity index (χ1v) is 9.53. The van der Waals surface area contributed by atoms with Crippen LogP contribution in [-0.4, -0.2) is 24.7 Å². The lowest BCUT2D eigenvalue weighted by atomic mass is 10.4. The first kappa shape index (κ1) is 18.0. The van der Waals surface area contributed by atoms with E-state index in [0.717, 1.165) is 4.47 Å². The van der Waals surface area contributed by atoms with Gasteiger partial charge in [-0.15, -0.1) is 0 Å². The Hall–Kier alpha value is -0.310. The van der Waals surface area contributed by atoms with Gasteiger partial charge in [0.2, 0.25) is 10.0 Å². The number of rotatable bonds is 6. The van der Waals surface area contributed by atoms with E-state index < -0.39 is 10.0 Å². The van der Waals surface area contributed by atoms with Crippen molar-refractivity contribution in [2.45, 2.75) is 17.9 Å². The lowest BCUT2D eigenvalue weighted by Gasteiger charge is -2.09. The topological polar surface area (TPSA) is 64.0 Å². The zero-order valence-electron chi connectivity index (χ0n) is 11.1. The number of hydrogen-bond acceptors (Lipinski definition) is 3. The molecule has 0 atom stereocenters. The van der Waals surface area contributed by atoms with E-state index in [0.29, 0.717) is 13.0 Å². The van der Waals surface area contributed by atoms with Crippen LogP contribution >= 0.6 is 50.7 Å². The Kier molecular flexibility index (Phi) is 6.15. The van der Waals surface area contributed by atoms with Crippen LogP contribution in [0.3, 0.4) is 0 Å². The molecule has 5 nitrogen and oxygen atoms in total. The summed E-state index contributed by atoms with van der Waals surface area (Å²) in [6.07, 6.45) is 4.05. The van der Waals surface area contributed by atoms with Crippen LogP contribution in [0, 0.1) is 0 Å². The summed E-state index contributed by atoms with van der Waals surface area (Å²) in [6, 6.07) is 2.54. The summed E-state index contributed by atoms with van der Waals surface area (Å²) in [5.74, 6) is 0. The highest BCUT2D eigenvalue weighted by molar-refractivity contribution is 9.10. The number of halogens is 4. The second-order valence-electron chi connectivity index (χ2n) is 4.37. The van der Waals surface area contributed by atoms with Gasteiger partial charge in [-0.2, -0.15) is 5.10 Å². The standard InChI is InChI=1S/C12H11BrCl3N3O2S/c13-8-6-17-19(7-8)3-1-2-18-22(20,21)12-5-10(15)9(14)4-11(12)16/h4-7,18H,1-3H2. The molecule has 1 aromatic heterocycles. The normalized spacial score (nSPS) is 11.8. The van der Waals surface area contributed by atoms with Gasteiger partial charge in [0, 0.05) is 19.3 Å². The summed E-state index contributed by atoms with van der Waals surface area (Å²) in [6.45, 7) is 0.833. The van der Waals surface area contributed by atoms with Gasteiger partial charge >= 0.3 is 0 Å². The third-order valence-corrected chi connectivity index (χ3v) is 5.78. The van der Waals surface area contributed by atoms with Gasteiger partial charge in [0.05, 0.1) is 25.7 Å². The molecule has 2 aromatic rings. The molecule has 0 aliphatic heterocycles. The van der Waals surface area contributed by atoms with Crippen molar-refractivity contribution in [3.05, 3.63) is 44.1 Å². The van der Waals surface area contributed by atoms with E-state index in [2.05, 4.69) is 25.8 Å². The van der Waals surface area contributed by atoms with E-state index in [4.69, 9.17) is 34.8 Å². The predicted octanol–water partition coefficient (Wildman–Crippen LogP) is 3.97. The van der Waals surface area contributed by atoms with Crippen molar-refractivity contribution < 1.29 is 8.42 Å². The Morgan fingerprint density at radius 1 is 1.18 bits per heavy atom. The molecular formula is C12H11BrCl3N3O2S. The number of aromatic nitrogens is 2. The second kappa shape index (κ2) is 7.51. The van der Waals surface area contributed by atoms with E-state index in [1.165, 1.54) is 12.1 Å². The molecule has 0 unspecified atom stereocenters. The zero-order valence-corrected chi connectivity index (χ0v) is 15.7. The fourth-order valence-corrected chi connectivity index (χ4v) is 4.10. The van der Waals surface area contributed by atoms with Crippen LogP contribution in [0.25, 0.3) is 0 Å². The maximum Gasteiger partial charge on any atom is 0.242 e. The molecule has 1 N–H and O–H groups in total. The molecule has 0 spiro atoms. The SMILES string of the molecule is O=S(=O)(NCCCn1cc(Br)cn1)c1cc(Cl)c(Cl)cc1Cl. The highest BCUT2D eigenvalue weighted by Crippen LogP contribution is 2.31. The minimum atomic E-state index is -3.74. The highest BCUT2D eigenvalue weighted by Gasteiger charge is 2.19. The van der Waals surface area contributed by atoms with Gasteiger partial charge in [-0.05, 0) is 34.5 Å². The van der Waals surface area contributed by atoms with E-state index in [9.17, 15) is 8.42 Å². The van der Waals surface area contributed by atoms with Gasteiger partial charge in [-0.3, -0.25) is 4.68 Å². The largest absolute Gasteiger partial charge is 0.272 e. The number of nitrogens with zero attached hydrogens (tertiary/aromatic N) is 2. The average molecular weight is 448 g/mol. The van der Waals surface area contributed by atoms with Crippen molar-refractivity contribution in [1.29, 1.82) is 0 Å². The number of aryl methyl sites for hydroxylation is 1. The van der Waals surface area contributed by atoms with Crippen LogP contribution in [0.5, 0.6) is 0 Å². The molecule has 0 aliphatic carbocycles. The van der Waals surface area contributed by atoms with Crippen LogP contribution in [0.2, 0.25) is 15.1 Å². The lowest BCUT2D eigenvalue weighted by Crippen LogP contribution is -2.26. The molecule has 1 aromatic carbocycles. The summed E-state index contributed by atoms with van der Waals surface area (Å²) in [4.78, 5) is -0.0922. The van der Waals surface area contributed by atoms with Crippen molar-refractivity contribution in [3.8, 4) is 0 Å². The highest BCUT2D eigenvalue weighted by atomic mass is 79.9. The fraction of sp³-hybridized carbons (Fsp3) is 0.250. The van der Waals surface area contributed by atoms with Crippen molar-refractivity contribution in [1.82, 2.24) is 14.5 Å². The van der Waals surface area contributed by atoms with E-state index in [1.807, 2.05) is 6.20 Å². The Bertz CT molecular complexity index is 780. The van der Waals surface area contributed by atoms with Gasteiger partial charge in [0.1, 0.15) is 4.90 Å². The summed E-state index contributed by atoms with van der Waals surface area (Å²) >= 11 is 20.8. The average Bonchev–Trinajstić information content (AvgIpc) is 2.84.